The molecule has 2 fully saturated rings. The maximum Gasteiger partial charge on any atom is 0.254 e. The molecule has 28 heavy (non-hydrogen) atoms. The molecular formula is C20H16FN5O2. The lowest BCUT2D eigenvalue weighted by Crippen LogP contribution is -2.19. The van der Waals surface area contributed by atoms with Gasteiger partial charge >= 0.3 is 0 Å². The Balaban J connectivity index is 1.66. The average molecular weight is 377 g/mol. The molecule has 5 rings (SSSR count). The number of aromatic nitrogens is 3. The second kappa shape index (κ2) is 6.26. The normalized spacial score (nSPS) is 18.1. The summed E-state index contributed by atoms with van der Waals surface area (Å²) in [6, 6.07) is 8.47. The van der Waals surface area contributed by atoms with E-state index in [4.69, 9.17) is 0 Å². The lowest BCUT2D eigenvalue weighted by atomic mass is 10.1. The zero-order chi connectivity index (χ0) is 19.3. The first-order chi connectivity index (χ1) is 13.6. The fourth-order valence-electron chi connectivity index (χ4n) is 3.23. The third-order valence-electron chi connectivity index (χ3n) is 4.77. The van der Waals surface area contributed by atoms with E-state index in [1.165, 1.54) is 12.1 Å². The number of amides is 2. The second-order valence-corrected chi connectivity index (χ2v) is 7.01. The van der Waals surface area contributed by atoms with Gasteiger partial charge in [-0.05, 0) is 31.1 Å². The van der Waals surface area contributed by atoms with E-state index in [1.807, 2.05) is 6.07 Å². The molecule has 0 bridgehead atoms. The fourth-order valence-corrected chi connectivity index (χ4v) is 3.23. The van der Waals surface area contributed by atoms with E-state index in [2.05, 4.69) is 20.7 Å². The number of fused-ring (bicyclic) bond motifs is 1. The zero-order valence-corrected chi connectivity index (χ0v) is 14.8. The van der Waals surface area contributed by atoms with Gasteiger partial charge < -0.3 is 5.32 Å². The molecule has 2 amide bonds. The van der Waals surface area contributed by atoms with E-state index in [0.717, 1.165) is 18.7 Å². The highest BCUT2D eigenvalue weighted by Gasteiger charge is 2.25. The van der Waals surface area contributed by atoms with Gasteiger partial charge in [0.1, 0.15) is 11.6 Å². The number of nitrogens with one attached hydrogen (secondary N) is 2. The molecule has 1 saturated carbocycles. The highest BCUT2D eigenvalue weighted by atomic mass is 19.1. The molecule has 1 aliphatic carbocycles. The number of halogens is 1. The standard InChI is InChI=1S/C20H16FN5O2/c21-14-3-1-2-11(7-14)16-9-17(23-15-4-5-15)26-19(24-16)13(10-22-26)6-12-8-18(27)25-20(12)28/h1-3,6-7,9-10,15,23H,4-5,8H2,(H,25,27,28)/b12-6+. The van der Waals surface area contributed by atoms with Gasteiger partial charge in [-0.3, -0.25) is 14.9 Å². The van der Waals surface area contributed by atoms with Crippen LogP contribution in [0.1, 0.15) is 24.8 Å². The number of hydrogen-bond acceptors (Lipinski definition) is 5. The largest absolute Gasteiger partial charge is 0.367 e. The minimum absolute atomic E-state index is 0.0347. The van der Waals surface area contributed by atoms with Gasteiger partial charge in [-0.15, -0.1) is 0 Å². The smallest absolute Gasteiger partial charge is 0.254 e. The van der Waals surface area contributed by atoms with Crippen LogP contribution in [-0.2, 0) is 9.59 Å². The SMILES string of the molecule is O=C1C/C(=C\c2cnn3c(NC4CC4)cc(-c4cccc(F)c4)nc23)C(=O)N1. The molecule has 8 heteroatoms. The van der Waals surface area contributed by atoms with Gasteiger partial charge in [0.05, 0.1) is 18.3 Å². The van der Waals surface area contributed by atoms with Crippen molar-refractivity contribution in [1.82, 2.24) is 19.9 Å². The van der Waals surface area contributed by atoms with E-state index < -0.39 is 5.91 Å². The summed E-state index contributed by atoms with van der Waals surface area (Å²) in [6.45, 7) is 0. The summed E-state index contributed by atoms with van der Waals surface area (Å²) < 4.78 is 15.4. The minimum Gasteiger partial charge on any atom is -0.367 e. The summed E-state index contributed by atoms with van der Waals surface area (Å²) >= 11 is 0. The quantitative estimate of drug-likeness (QED) is 0.539. The van der Waals surface area contributed by atoms with Crippen LogP contribution in [0, 0.1) is 5.82 Å². The number of nitrogens with zero attached hydrogens (tertiary/aromatic N) is 3. The first kappa shape index (κ1) is 16.6. The van der Waals surface area contributed by atoms with Crippen LogP contribution < -0.4 is 10.6 Å². The molecule has 0 spiro atoms. The van der Waals surface area contributed by atoms with Crippen LogP contribution in [0.5, 0.6) is 0 Å². The second-order valence-electron chi connectivity index (χ2n) is 7.01. The van der Waals surface area contributed by atoms with E-state index in [1.54, 1.807) is 28.9 Å². The Morgan fingerprint density at radius 1 is 1.25 bits per heavy atom. The molecule has 0 atom stereocenters. The lowest BCUT2D eigenvalue weighted by Gasteiger charge is -2.10. The van der Waals surface area contributed by atoms with Gasteiger partial charge in [0, 0.05) is 28.8 Å². The predicted octanol–water partition coefficient (Wildman–Crippen LogP) is 2.54. The maximum atomic E-state index is 13.7. The van der Waals surface area contributed by atoms with Crippen LogP contribution >= 0.6 is 0 Å². The van der Waals surface area contributed by atoms with Gasteiger partial charge in [0.25, 0.3) is 5.91 Å². The van der Waals surface area contributed by atoms with Crippen LogP contribution in [0.2, 0.25) is 0 Å². The molecule has 2 N–H and O–H groups in total. The number of rotatable bonds is 4. The Bertz CT molecular complexity index is 1160. The Kier molecular flexibility index (Phi) is 3.71. The summed E-state index contributed by atoms with van der Waals surface area (Å²) in [5.41, 5.74) is 2.77. The molecule has 140 valence electrons. The number of anilines is 1. The molecule has 0 radical (unpaired) electrons. The van der Waals surface area contributed by atoms with Crippen LogP contribution in [0.4, 0.5) is 10.2 Å². The topological polar surface area (TPSA) is 88.4 Å². The van der Waals surface area contributed by atoms with E-state index in [-0.39, 0.29) is 18.1 Å². The van der Waals surface area contributed by atoms with Crippen molar-refractivity contribution >= 4 is 29.4 Å². The number of carbonyl (C=O) groups is 2. The summed E-state index contributed by atoms with van der Waals surface area (Å²) in [6.07, 6.45) is 5.44. The Labute approximate surface area is 159 Å². The first-order valence-corrected chi connectivity index (χ1v) is 9.03. The molecule has 1 saturated heterocycles. The van der Waals surface area contributed by atoms with E-state index >= 15 is 0 Å². The number of hydrogen-bond donors (Lipinski definition) is 2. The van der Waals surface area contributed by atoms with Crippen LogP contribution in [0.25, 0.3) is 23.0 Å². The molecule has 3 aromatic rings. The van der Waals surface area contributed by atoms with Gasteiger partial charge in [0.2, 0.25) is 5.91 Å². The van der Waals surface area contributed by atoms with Gasteiger partial charge in [-0.2, -0.15) is 9.61 Å². The number of benzene rings is 1. The summed E-state index contributed by atoms with van der Waals surface area (Å²) in [5, 5.41) is 10.1. The molecular weight excluding hydrogens is 361 g/mol. The maximum absolute atomic E-state index is 13.7. The molecule has 2 aromatic heterocycles. The molecule has 0 unspecified atom stereocenters. The third-order valence-corrected chi connectivity index (χ3v) is 4.77. The van der Waals surface area contributed by atoms with Crippen LogP contribution in [-0.4, -0.2) is 32.5 Å². The third kappa shape index (κ3) is 3.02. The van der Waals surface area contributed by atoms with Crippen molar-refractivity contribution in [3.63, 3.8) is 0 Å². The first-order valence-electron chi connectivity index (χ1n) is 9.03. The average Bonchev–Trinajstić information content (AvgIpc) is 3.30. The van der Waals surface area contributed by atoms with Gasteiger partial charge in [0.15, 0.2) is 5.65 Å². The predicted molar refractivity (Wildman–Crippen MR) is 101 cm³/mol. The van der Waals surface area contributed by atoms with Gasteiger partial charge in [-0.25, -0.2) is 9.37 Å². The summed E-state index contributed by atoms with van der Waals surface area (Å²) in [4.78, 5) is 28.0. The molecule has 2 aliphatic rings. The highest BCUT2D eigenvalue weighted by molar-refractivity contribution is 6.15. The van der Waals surface area contributed by atoms with Gasteiger partial charge in [-0.1, -0.05) is 12.1 Å². The summed E-state index contributed by atoms with van der Waals surface area (Å²) in [7, 11) is 0. The van der Waals surface area contributed by atoms with Crippen molar-refractivity contribution in [2.45, 2.75) is 25.3 Å². The minimum atomic E-state index is -0.401. The van der Waals surface area contributed by atoms with Crippen molar-refractivity contribution in [1.29, 1.82) is 0 Å². The number of imide groups is 1. The Morgan fingerprint density at radius 3 is 2.82 bits per heavy atom. The monoisotopic (exact) mass is 377 g/mol. The van der Waals surface area contributed by atoms with E-state index in [0.29, 0.717) is 34.1 Å². The fraction of sp³-hybridized carbons (Fsp3) is 0.200. The number of carbonyl (C=O) groups excluding carboxylic acids is 2. The molecule has 1 aromatic carbocycles. The molecule has 3 heterocycles. The summed E-state index contributed by atoms with van der Waals surface area (Å²) in [5.74, 6) is -0.310. The zero-order valence-electron chi connectivity index (χ0n) is 14.8. The highest BCUT2D eigenvalue weighted by Crippen LogP contribution is 2.29. The van der Waals surface area contributed by atoms with E-state index in [9.17, 15) is 14.0 Å². The van der Waals surface area contributed by atoms with Crippen molar-refractivity contribution in [2.75, 3.05) is 5.32 Å². The van der Waals surface area contributed by atoms with Crippen LogP contribution in [0.15, 0.2) is 42.1 Å². The van der Waals surface area contributed by atoms with Crippen molar-refractivity contribution in [3.05, 3.63) is 53.5 Å². The van der Waals surface area contributed by atoms with Crippen molar-refractivity contribution < 1.29 is 14.0 Å². The molecule has 7 nitrogen and oxygen atoms in total. The van der Waals surface area contributed by atoms with Crippen molar-refractivity contribution in [2.24, 2.45) is 0 Å². The Morgan fingerprint density at radius 2 is 2.11 bits per heavy atom. The lowest BCUT2D eigenvalue weighted by molar-refractivity contribution is -0.124. The van der Waals surface area contributed by atoms with Crippen LogP contribution in [0.3, 0.4) is 0 Å². The molecule has 1 aliphatic heterocycles. The van der Waals surface area contributed by atoms with Crippen molar-refractivity contribution in [3.8, 4) is 11.3 Å². The Hall–Kier alpha value is -3.55.